The molecule has 1 aromatic heterocycles. The van der Waals surface area contributed by atoms with Crippen LogP contribution in [-0.2, 0) is 4.79 Å². The molecule has 0 saturated carbocycles. The molecule has 0 atom stereocenters. The van der Waals surface area contributed by atoms with E-state index in [1.165, 1.54) is 12.5 Å². The van der Waals surface area contributed by atoms with Crippen LogP contribution in [0.15, 0.2) is 60.7 Å². The normalized spacial score (nSPS) is 10.5. The van der Waals surface area contributed by atoms with Crippen LogP contribution in [0.3, 0.4) is 0 Å². The zero-order valence-electron chi connectivity index (χ0n) is 16.6. The molecule has 0 saturated heterocycles. The molecule has 148 valence electrons. The van der Waals surface area contributed by atoms with Gasteiger partial charge >= 0.3 is 0 Å². The van der Waals surface area contributed by atoms with Crippen molar-refractivity contribution in [3.63, 3.8) is 0 Å². The molecule has 3 rings (SSSR count). The summed E-state index contributed by atoms with van der Waals surface area (Å²) in [7, 11) is 0. The number of benzene rings is 2. The van der Waals surface area contributed by atoms with Gasteiger partial charge in [-0.05, 0) is 53.9 Å². The third-order valence-electron chi connectivity index (χ3n) is 4.19. The standard InChI is InChI=1S/C22H23N5O2/c1-14(2)16-7-9-17(10-8-16)24-21-12-11-20(26-27-21)22(29)25-19-6-4-5-18(13-19)23-15(3)28/h4-14H,1-3H3,(H,23,28)(H,24,27)(H,25,29). The average molecular weight is 389 g/mol. The number of carbonyl (C=O) groups is 2. The van der Waals surface area contributed by atoms with E-state index in [1.54, 1.807) is 36.4 Å². The molecule has 0 aliphatic heterocycles. The third-order valence-corrected chi connectivity index (χ3v) is 4.19. The molecular formula is C22H23N5O2. The highest BCUT2D eigenvalue weighted by Crippen LogP contribution is 2.20. The molecule has 1 heterocycles. The van der Waals surface area contributed by atoms with Crippen molar-refractivity contribution in [2.24, 2.45) is 0 Å². The van der Waals surface area contributed by atoms with Gasteiger partial charge in [0.25, 0.3) is 5.91 Å². The van der Waals surface area contributed by atoms with Crippen molar-refractivity contribution < 1.29 is 9.59 Å². The van der Waals surface area contributed by atoms with E-state index in [0.717, 1.165) is 5.69 Å². The molecule has 7 nitrogen and oxygen atoms in total. The fraction of sp³-hybridized carbons (Fsp3) is 0.182. The summed E-state index contributed by atoms with van der Waals surface area (Å²) < 4.78 is 0. The molecule has 3 N–H and O–H groups in total. The largest absolute Gasteiger partial charge is 0.339 e. The van der Waals surface area contributed by atoms with Gasteiger partial charge in [0.05, 0.1) is 0 Å². The van der Waals surface area contributed by atoms with Gasteiger partial charge in [-0.1, -0.05) is 32.0 Å². The van der Waals surface area contributed by atoms with Crippen LogP contribution >= 0.6 is 0 Å². The van der Waals surface area contributed by atoms with Gasteiger partial charge in [-0.15, -0.1) is 10.2 Å². The Bertz CT molecular complexity index is 998. The number of hydrogen-bond donors (Lipinski definition) is 3. The summed E-state index contributed by atoms with van der Waals surface area (Å²) in [5, 5.41) is 16.6. The number of anilines is 4. The van der Waals surface area contributed by atoms with Crippen LogP contribution in [0, 0.1) is 0 Å². The minimum absolute atomic E-state index is 0.179. The van der Waals surface area contributed by atoms with Crippen molar-refractivity contribution in [3.8, 4) is 0 Å². The Morgan fingerprint density at radius 1 is 0.828 bits per heavy atom. The van der Waals surface area contributed by atoms with E-state index in [1.807, 2.05) is 12.1 Å². The smallest absolute Gasteiger partial charge is 0.276 e. The topological polar surface area (TPSA) is 96.0 Å². The quantitative estimate of drug-likeness (QED) is 0.575. The van der Waals surface area contributed by atoms with Gasteiger partial charge in [-0.2, -0.15) is 0 Å². The van der Waals surface area contributed by atoms with Gasteiger partial charge in [0.1, 0.15) is 0 Å². The van der Waals surface area contributed by atoms with E-state index in [0.29, 0.717) is 23.1 Å². The van der Waals surface area contributed by atoms with E-state index < -0.39 is 0 Å². The number of carbonyl (C=O) groups excluding carboxylic acids is 2. The maximum atomic E-state index is 12.4. The van der Waals surface area contributed by atoms with E-state index in [-0.39, 0.29) is 17.5 Å². The maximum absolute atomic E-state index is 12.4. The van der Waals surface area contributed by atoms with Crippen LogP contribution in [0.25, 0.3) is 0 Å². The van der Waals surface area contributed by atoms with Crippen LogP contribution in [0.4, 0.5) is 22.9 Å². The monoisotopic (exact) mass is 389 g/mol. The number of hydrogen-bond acceptors (Lipinski definition) is 5. The van der Waals surface area contributed by atoms with Crippen LogP contribution < -0.4 is 16.0 Å². The first-order valence-corrected chi connectivity index (χ1v) is 9.30. The predicted octanol–water partition coefficient (Wildman–Crippen LogP) is 4.55. The van der Waals surface area contributed by atoms with Gasteiger partial charge in [0, 0.05) is 24.0 Å². The van der Waals surface area contributed by atoms with E-state index in [4.69, 9.17) is 0 Å². The summed E-state index contributed by atoms with van der Waals surface area (Å²) in [6.07, 6.45) is 0. The lowest BCUT2D eigenvalue weighted by Gasteiger charge is -2.09. The second kappa shape index (κ2) is 8.97. The second-order valence-electron chi connectivity index (χ2n) is 6.92. The van der Waals surface area contributed by atoms with Gasteiger partial charge in [-0.25, -0.2) is 0 Å². The minimum atomic E-state index is -0.384. The number of amides is 2. The predicted molar refractivity (Wildman–Crippen MR) is 115 cm³/mol. The van der Waals surface area contributed by atoms with E-state index >= 15 is 0 Å². The Balaban J connectivity index is 1.63. The molecule has 2 amide bonds. The SMILES string of the molecule is CC(=O)Nc1cccc(NC(=O)c2ccc(Nc3ccc(C(C)C)cc3)nn2)c1. The fourth-order valence-corrected chi connectivity index (χ4v) is 2.69. The summed E-state index contributed by atoms with van der Waals surface area (Å²) in [6, 6.07) is 18.3. The Hall–Kier alpha value is -3.74. The summed E-state index contributed by atoms with van der Waals surface area (Å²) in [5.74, 6) is 0.457. The lowest BCUT2D eigenvalue weighted by Crippen LogP contribution is -2.15. The minimum Gasteiger partial charge on any atom is -0.339 e. The molecule has 0 fully saturated rings. The molecule has 0 aliphatic rings. The van der Waals surface area contributed by atoms with Gasteiger partial charge < -0.3 is 16.0 Å². The van der Waals surface area contributed by atoms with Crippen molar-refractivity contribution in [2.75, 3.05) is 16.0 Å². The summed E-state index contributed by atoms with van der Waals surface area (Å²) in [4.78, 5) is 23.6. The first-order chi connectivity index (χ1) is 13.9. The highest BCUT2D eigenvalue weighted by molar-refractivity contribution is 6.03. The molecule has 0 radical (unpaired) electrons. The summed E-state index contributed by atoms with van der Waals surface area (Å²) >= 11 is 0. The summed E-state index contributed by atoms with van der Waals surface area (Å²) in [6.45, 7) is 5.72. The molecular weight excluding hydrogens is 366 g/mol. The molecule has 3 aromatic rings. The lowest BCUT2D eigenvalue weighted by atomic mass is 10.0. The molecule has 0 unspecified atom stereocenters. The van der Waals surface area contributed by atoms with Gasteiger partial charge in [0.2, 0.25) is 5.91 Å². The van der Waals surface area contributed by atoms with Crippen molar-refractivity contribution in [2.45, 2.75) is 26.7 Å². The van der Waals surface area contributed by atoms with Crippen LogP contribution in [0.5, 0.6) is 0 Å². The van der Waals surface area contributed by atoms with Gasteiger partial charge in [-0.3, -0.25) is 9.59 Å². The number of aromatic nitrogens is 2. The Morgan fingerprint density at radius 3 is 2.10 bits per heavy atom. The van der Waals surface area contributed by atoms with E-state index in [9.17, 15) is 9.59 Å². The first-order valence-electron chi connectivity index (χ1n) is 9.30. The molecule has 29 heavy (non-hydrogen) atoms. The van der Waals surface area contributed by atoms with E-state index in [2.05, 4.69) is 52.1 Å². The highest BCUT2D eigenvalue weighted by Gasteiger charge is 2.10. The number of nitrogens with one attached hydrogen (secondary N) is 3. The number of nitrogens with zero attached hydrogens (tertiary/aromatic N) is 2. The first kappa shape index (κ1) is 20.0. The third kappa shape index (κ3) is 5.62. The van der Waals surface area contributed by atoms with Crippen molar-refractivity contribution >= 4 is 34.7 Å². The second-order valence-corrected chi connectivity index (χ2v) is 6.92. The van der Waals surface area contributed by atoms with Crippen molar-refractivity contribution in [1.29, 1.82) is 0 Å². The maximum Gasteiger partial charge on any atom is 0.276 e. The summed E-state index contributed by atoms with van der Waals surface area (Å²) in [5.41, 5.74) is 3.50. The fourth-order valence-electron chi connectivity index (χ4n) is 2.69. The van der Waals surface area contributed by atoms with Crippen LogP contribution in [-0.4, -0.2) is 22.0 Å². The Morgan fingerprint density at radius 2 is 1.52 bits per heavy atom. The van der Waals surface area contributed by atoms with Crippen molar-refractivity contribution in [3.05, 3.63) is 71.9 Å². The van der Waals surface area contributed by atoms with Crippen LogP contribution in [0.2, 0.25) is 0 Å². The molecule has 7 heteroatoms. The highest BCUT2D eigenvalue weighted by atomic mass is 16.2. The zero-order valence-corrected chi connectivity index (χ0v) is 16.6. The number of rotatable bonds is 6. The zero-order chi connectivity index (χ0) is 20.8. The average Bonchev–Trinajstić information content (AvgIpc) is 2.68. The molecule has 2 aromatic carbocycles. The Labute approximate surface area is 169 Å². The molecule has 0 aliphatic carbocycles. The molecule has 0 spiro atoms. The van der Waals surface area contributed by atoms with Gasteiger partial charge in [0.15, 0.2) is 11.5 Å². The Kier molecular flexibility index (Phi) is 6.19. The molecule has 0 bridgehead atoms. The van der Waals surface area contributed by atoms with Crippen LogP contribution in [0.1, 0.15) is 42.7 Å². The van der Waals surface area contributed by atoms with Crippen molar-refractivity contribution in [1.82, 2.24) is 10.2 Å². The lowest BCUT2D eigenvalue weighted by molar-refractivity contribution is -0.114.